The Morgan fingerprint density at radius 3 is 2.34 bits per heavy atom. The first-order chi connectivity index (χ1) is 15.2. The Morgan fingerprint density at radius 2 is 1.66 bits per heavy atom. The molecule has 0 amide bonds. The summed E-state index contributed by atoms with van der Waals surface area (Å²) in [6.45, 7) is 5.15. The Hall–Kier alpha value is -3.71. The van der Waals surface area contributed by atoms with Crippen molar-refractivity contribution in [2.24, 2.45) is 7.05 Å². The molecule has 0 bridgehead atoms. The normalized spacial score (nSPS) is 11.5. The summed E-state index contributed by atoms with van der Waals surface area (Å²) in [4.78, 5) is 12.6. The summed E-state index contributed by atoms with van der Waals surface area (Å²) in [5, 5.41) is 1.96. The van der Waals surface area contributed by atoms with Crippen molar-refractivity contribution in [2.45, 2.75) is 11.8 Å². The number of aromatic nitrogens is 1. The van der Waals surface area contributed by atoms with Crippen molar-refractivity contribution >= 4 is 20.6 Å². The number of hydrogen-bond donors (Lipinski definition) is 0. The number of fused-ring (bicyclic) bond motifs is 1. The number of halogens is 1. The Balaban J connectivity index is 2.02. The van der Waals surface area contributed by atoms with E-state index in [4.69, 9.17) is 4.74 Å². The highest BCUT2D eigenvalue weighted by molar-refractivity contribution is 7.94. The summed E-state index contributed by atoms with van der Waals surface area (Å²) >= 11 is 0. The van der Waals surface area contributed by atoms with Crippen LogP contribution in [0.15, 0.2) is 88.5 Å². The monoisotopic (exact) mass is 449 g/mol. The number of pyridine rings is 1. The quantitative estimate of drug-likeness (QED) is 0.411. The van der Waals surface area contributed by atoms with E-state index in [2.05, 4.69) is 6.58 Å². The predicted octanol–water partition coefficient (Wildman–Crippen LogP) is 5.36. The number of sulfone groups is 1. The van der Waals surface area contributed by atoms with Gasteiger partial charge in [0.05, 0.1) is 4.90 Å². The molecule has 162 valence electrons. The van der Waals surface area contributed by atoms with Crippen molar-refractivity contribution in [3.63, 3.8) is 0 Å². The van der Waals surface area contributed by atoms with Crippen LogP contribution in [0, 0.1) is 12.7 Å². The van der Waals surface area contributed by atoms with E-state index in [-0.39, 0.29) is 22.0 Å². The highest BCUT2D eigenvalue weighted by atomic mass is 32.2. The van der Waals surface area contributed by atoms with Crippen LogP contribution in [0.5, 0.6) is 11.5 Å². The van der Waals surface area contributed by atoms with Crippen LogP contribution in [0.4, 0.5) is 4.39 Å². The maximum atomic E-state index is 14.5. The molecular formula is C25H20FNO4S. The van der Waals surface area contributed by atoms with E-state index >= 15 is 0 Å². The zero-order valence-corrected chi connectivity index (χ0v) is 18.3. The summed E-state index contributed by atoms with van der Waals surface area (Å²) in [5.41, 5.74) is 1.53. The van der Waals surface area contributed by atoms with Gasteiger partial charge in [0.15, 0.2) is 21.4 Å². The fourth-order valence-electron chi connectivity index (χ4n) is 3.52. The molecule has 5 nitrogen and oxygen atoms in total. The van der Waals surface area contributed by atoms with Crippen LogP contribution in [0.3, 0.4) is 0 Å². The van der Waals surface area contributed by atoms with E-state index in [0.717, 1.165) is 11.0 Å². The third-order valence-corrected chi connectivity index (χ3v) is 6.54. The van der Waals surface area contributed by atoms with E-state index in [0.29, 0.717) is 21.9 Å². The van der Waals surface area contributed by atoms with Gasteiger partial charge in [-0.15, -0.1) is 0 Å². The molecule has 0 unspecified atom stereocenters. The van der Waals surface area contributed by atoms with Gasteiger partial charge >= 0.3 is 0 Å². The van der Waals surface area contributed by atoms with Gasteiger partial charge in [0.25, 0.3) is 5.56 Å². The van der Waals surface area contributed by atoms with Gasteiger partial charge in [-0.25, -0.2) is 12.8 Å². The molecule has 3 aromatic carbocycles. The number of aryl methyl sites for hydroxylation is 2. The van der Waals surface area contributed by atoms with Crippen molar-refractivity contribution in [3.05, 3.63) is 101 Å². The number of benzene rings is 3. The van der Waals surface area contributed by atoms with Crippen molar-refractivity contribution in [2.75, 3.05) is 0 Å². The van der Waals surface area contributed by atoms with Crippen LogP contribution in [-0.4, -0.2) is 13.0 Å². The molecule has 32 heavy (non-hydrogen) atoms. The zero-order valence-electron chi connectivity index (χ0n) is 17.5. The van der Waals surface area contributed by atoms with Gasteiger partial charge < -0.3 is 9.30 Å². The van der Waals surface area contributed by atoms with Crippen LogP contribution in [0.25, 0.3) is 21.9 Å². The molecule has 4 aromatic rings. The van der Waals surface area contributed by atoms with Gasteiger partial charge in [-0.05, 0) is 54.3 Å². The zero-order chi connectivity index (χ0) is 23.0. The maximum Gasteiger partial charge on any atom is 0.258 e. The minimum absolute atomic E-state index is 0.00491. The standard InChI is InChI=1S/C25H20FNO4S/c1-4-32(29,30)17-10-12-23(31-24-11-9-16(2)13-22(24)26)20(14-17)21-15-27(3)25(28)19-8-6-5-7-18(19)21/h4-15H,1H2,2-3H3. The lowest BCUT2D eigenvalue weighted by Crippen LogP contribution is -2.16. The minimum Gasteiger partial charge on any atom is -0.454 e. The molecule has 0 atom stereocenters. The van der Waals surface area contributed by atoms with E-state index in [1.807, 2.05) is 0 Å². The van der Waals surface area contributed by atoms with Crippen LogP contribution in [-0.2, 0) is 16.9 Å². The Kier molecular flexibility index (Phi) is 5.44. The Morgan fingerprint density at radius 1 is 0.969 bits per heavy atom. The maximum absolute atomic E-state index is 14.5. The van der Waals surface area contributed by atoms with Gasteiger partial charge in [-0.3, -0.25) is 4.79 Å². The summed E-state index contributed by atoms with van der Waals surface area (Å²) < 4.78 is 46.7. The molecular weight excluding hydrogens is 429 g/mol. The van der Waals surface area contributed by atoms with E-state index in [9.17, 15) is 17.6 Å². The van der Waals surface area contributed by atoms with E-state index in [1.54, 1.807) is 50.5 Å². The second-order valence-electron chi connectivity index (χ2n) is 7.41. The first kappa shape index (κ1) is 21.5. The van der Waals surface area contributed by atoms with Crippen LogP contribution < -0.4 is 10.3 Å². The van der Waals surface area contributed by atoms with Crippen LogP contribution in [0.2, 0.25) is 0 Å². The average Bonchev–Trinajstić information content (AvgIpc) is 2.78. The second kappa shape index (κ2) is 8.09. The van der Waals surface area contributed by atoms with Gasteiger partial charge in [-0.2, -0.15) is 0 Å². The Labute approximate surface area is 184 Å². The molecule has 0 saturated carbocycles. The summed E-state index contributed by atoms with van der Waals surface area (Å²) in [6.07, 6.45) is 1.61. The first-order valence-electron chi connectivity index (χ1n) is 9.75. The van der Waals surface area contributed by atoms with Crippen molar-refractivity contribution < 1.29 is 17.5 Å². The van der Waals surface area contributed by atoms with Crippen LogP contribution in [0.1, 0.15) is 5.56 Å². The summed E-state index contributed by atoms with van der Waals surface area (Å²) in [6, 6.07) is 15.9. The largest absolute Gasteiger partial charge is 0.454 e. The van der Waals surface area contributed by atoms with Gasteiger partial charge in [-0.1, -0.05) is 30.8 Å². The third-order valence-electron chi connectivity index (χ3n) is 5.19. The lowest BCUT2D eigenvalue weighted by Gasteiger charge is -2.16. The lowest BCUT2D eigenvalue weighted by atomic mass is 10.00. The molecule has 4 rings (SSSR count). The minimum atomic E-state index is -3.74. The molecule has 0 aliphatic heterocycles. The number of nitrogens with zero attached hydrogens (tertiary/aromatic N) is 1. The topological polar surface area (TPSA) is 65.4 Å². The highest BCUT2D eigenvalue weighted by Gasteiger charge is 2.19. The average molecular weight is 450 g/mol. The fourth-order valence-corrected chi connectivity index (χ4v) is 4.25. The summed E-state index contributed by atoms with van der Waals surface area (Å²) in [7, 11) is -2.12. The molecule has 1 aromatic heterocycles. The second-order valence-corrected chi connectivity index (χ2v) is 9.30. The van der Waals surface area contributed by atoms with Gasteiger partial charge in [0, 0.05) is 35.2 Å². The van der Waals surface area contributed by atoms with Crippen molar-refractivity contribution in [1.29, 1.82) is 0 Å². The fraction of sp³-hybridized carbons (Fsp3) is 0.0800. The molecule has 0 fully saturated rings. The van der Waals surface area contributed by atoms with Crippen LogP contribution >= 0.6 is 0 Å². The van der Waals surface area contributed by atoms with Crippen molar-refractivity contribution in [1.82, 2.24) is 4.57 Å². The van der Waals surface area contributed by atoms with Crippen molar-refractivity contribution in [3.8, 4) is 22.6 Å². The number of rotatable bonds is 5. The summed E-state index contributed by atoms with van der Waals surface area (Å²) in [5.74, 6) is -0.283. The third kappa shape index (κ3) is 3.83. The smallest absolute Gasteiger partial charge is 0.258 e. The molecule has 0 radical (unpaired) electrons. The van der Waals surface area contributed by atoms with E-state index < -0.39 is 15.7 Å². The SMILES string of the molecule is C=CS(=O)(=O)c1ccc(Oc2ccc(C)cc2F)c(-c2cn(C)c(=O)c3ccccc23)c1. The molecule has 0 aliphatic rings. The molecule has 1 heterocycles. The molecule has 0 saturated heterocycles. The highest BCUT2D eigenvalue weighted by Crippen LogP contribution is 2.39. The lowest BCUT2D eigenvalue weighted by molar-refractivity contribution is 0.443. The molecule has 0 spiro atoms. The molecule has 0 aliphatic carbocycles. The number of hydrogen-bond acceptors (Lipinski definition) is 4. The molecule has 7 heteroatoms. The van der Waals surface area contributed by atoms with Gasteiger partial charge in [0.2, 0.25) is 0 Å². The first-order valence-corrected chi connectivity index (χ1v) is 11.3. The molecule has 0 N–H and O–H groups in total. The number of ether oxygens (including phenoxy) is 1. The van der Waals surface area contributed by atoms with Gasteiger partial charge in [0.1, 0.15) is 5.75 Å². The Bertz CT molecular complexity index is 1540. The van der Waals surface area contributed by atoms with E-state index in [1.165, 1.54) is 34.9 Å². The predicted molar refractivity (Wildman–Crippen MR) is 123 cm³/mol.